The third-order valence-electron chi connectivity index (χ3n) is 3.21. The maximum atomic E-state index is 12.2. The summed E-state index contributed by atoms with van der Waals surface area (Å²) in [4.78, 5) is 12.2. The molecule has 0 fully saturated rings. The SMILES string of the molecule is COc1ccc(NCC(C)C(=O)c2ccccc2)cc1. The van der Waals surface area contributed by atoms with Crippen LogP contribution in [0.3, 0.4) is 0 Å². The van der Waals surface area contributed by atoms with E-state index in [2.05, 4.69) is 5.32 Å². The van der Waals surface area contributed by atoms with Crippen LogP contribution in [0.4, 0.5) is 5.69 Å². The van der Waals surface area contributed by atoms with Crippen LogP contribution in [0.15, 0.2) is 54.6 Å². The number of benzene rings is 2. The third kappa shape index (κ3) is 3.60. The molecule has 0 amide bonds. The van der Waals surface area contributed by atoms with Crippen molar-refractivity contribution in [3.8, 4) is 5.75 Å². The molecule has 0 aliphatic carbocycles. The Morgan fingerprint density at radius 1 is 1.10 bits per heavy atom. The average Bonchev–Trinajstić information content (AvgIpc) is 2.53. The van der Waals surface area contributed by atoms with E-state index in [1.165, 1.54) is 0 Å². The number of ketones is 1. The number of Topliss-reactive ketones (excluding diaryl/α,β-unsaturated/α-hetero) is 1. The van der Waals surface area contributed by atoms with Crippen molar-refractivity contribution in [2.45, 2.75) is 6.92 Å². The lowest BCUT2D eigenvalue weighted by Gasteiger charge is -2.13. The minimum absolute atomic E-state index is 0.0699. The van der Waals surface area contributed by atoms with Gasteiger partial charge in [-0.3, -0.25) is 4.79 Å². The Kier molecular flexibility index (Phi) is 4.77. The maximum Gasteiger partial charge on any atom is 0.167 e. The molecule has 3 heteroatoms. The van der Waals surface area contributed by atoms with Crippen LogP contribution in [0.25, 0.3) is 0 Å². The summed E-state index contributed by atoms with van der Waals surface area (Å²) < 4.78 is 5.11. The van der Waals surface area contributed by atoms with Gasteiger partial charge in [-0.05, 0) is 24.3 Å². The quantitative estimate of drug-likeness (QED) is 0.814. The second-order valence-corrected chi connectivity index (χ2v) is 4.74. The molecule has 0 heterocycles. The lowest BCUT2D eigenvalue weighted by Crippen LogP contribution is -2.20. The molecular formula is C17H19NO2. The van der Waals surface area contributed by atoms with E-state index in [1.807, 2.05) is 61.5 Å². The third-order valence-corrected chi connectivity index (χ3v) is 3.21. The van der Waals surface area contributed by atoms with Crippen LogP contribution in [0.1, 0.15) is 17.3 Å². The molecule has 1 N–H and O–H groups in total. The smallest absolute Gasteiger partial charge is 0.167 e. The zero-order valence-corrected chi connectivity index (χ0v) is 11.8. The summed E-state index contributed by atoms with van der Waals surface area (Å²) in [6.07, 6.45) is 0. The lowest BCUT2D eigenvalue weighted by molar-refractivity contribution is 0.0936. The number of carbonyl (C=O) groups excluding carboxylic acids is 1. The topological polar surface area (TPSA) is 38.3 Å². The maximum absolute atomic E-state index is 12.2. The van der Waals surface area contributed by atoms with Gasteiger partial charge in [-0.25, -0.2) is 0 Å². The van der Waals surface area contributed by atoms with Crippen LogP contribution in [-0.2, 0) is 0 Å². The van der Waals surface area contributed by atoms with E-state index in [4.69, 9.17) is 4.74 Å². The summed E-state index contributed by atoms with van der Waals surface area (Å²) in [7, 11) is 1.64. The number of ether oxygens (including phenoxy) is 1. The zero-order valence-electron chi connectivity index (χ0n) is 11.8. The predicted octanol–water partition coefficient (Wildman–Crippen LogP) is 3.63. The summed E-state index contributed by atoms with van der Waals surface area (Å²) >= 11 is 0. The van der Waals surface area contributed by atoms with E-state index >= 15 is 0 Å². The van der Waals surface area contributed by atoms with Gasteiger partial charge in [0.25, 0.3) is 0 Å². The largest absolute Gasteiger partial charge is 0.497 e. The highest BCUT2D eigenvalue weighted by Crippen LogP contribution is 2.16. The van der Waals surface area contributed by atoms with Crippen LogP contribution >= 0.6 is 0 Å². The van der Waals surface area contributed by atoms with Crippen LogP contribution < -0.4 is 10.1 Å². The van der Waals surface area contributed by atoms with Crippen molar-refractivity contribution in [3.05, 3.63) is 60.2 Å². The molecule has 0 saturated carbocycles. The van der Waals surface area contributed by atoms with Gasteiger partial charge in [0.15, 0.2) is 5.78 Å². The van der Waals surface area contributed by atoms with Crippen molar-refractivity contribution < 1.29 is 9.53 Å². The molecule has 2 aromatic rings. The van der Waals surface area contributed by atoms with Gasteiger partial charge >= 0.3 is 0 Å². The molecule has 104 valence electrons. The first-order valence-corrected chi connectivity index (χ1v) is 6.68. The molecular weight excluding hydrogens is 250 g/mol. The second kappa shape index (κ2) is 6.75. The van der Waals surface area contributed by atoms with E-state index < -0.39 is 0 Å². The minimum atomic E-state index is -0.0699. The van der Waals surface area contributed by atoms with Gasteiger partial charge in [0, 0.05) is 23.7 Å². The van der Waals surface area contributed by atoms with Crippen molar-refractivity contribution in [2.75, 3.05) is 19.0 Å². The summed E-state index contributed by atoms with van der Waals surface area (Å²) in [6.45, 7) is 2.55. The van der Waals surface area contributed by atoms with Gasteiger partial charge in [-0.1, -0.05) is 37.3 Å². The molecule has 1 unspecified atom stereocenters. The summed E-state index contributed by atoms with van der Waals surface area (Å²) in [6, 6.07) is 17.1. The minimum Gasteiger partial charge on any atom is -0.497 e. The van der Waals surface area contributed by atoms with Crippen molar-refractivity contribution >= 4 is 11.5 Å². The van der Waals surface area contributed by atoms with E-state index in [0.717, 1.165) is 17.0 Å². The van der Waals surface area contributed by atoms with Crippen LogP contribution in [0, 0.1) is 5.92 Å². The van der Waals surface area contributed by atoms with Crippen molar-refractivity contribution in [1.29, 1.82) is 0 Å². The summed E-state index contributed by atoms with van der Waals surface area (Å²) in [5.74, 6) is 0.912. The number of hydrogen-bond donors (Lipinski definition) is 1. The number of carbonyl (C=O) groups is 1. The van der Waals surface area contributed by atoms with Gasteiger partial charge in [0.05, 0.1) is 7.11 Å². The molecule has 0 aliphatic rings. The Labute approximate surface area is 119 Å². The first-order chi connectivity index (χ1) is 9.70. The van der Waals surface area contributed by atoms with Gasteiger partial charge in [0.2, 0.25) is 0 Å². The zero-order chi connectivity index (χ0) is 14.4. The monoisotopic (exact) mass is 269 g/mol. The second-order valence-electron chi connectivity index (χ2n) is 4.74. The summed E-state index contributed by atoms with van der Waals surface area (Å²) in [5.41, 5.74) is 1.75. The normalized spacial score (nSPS) is 11.7. The Hall–Kier alpha value is -2.29. The number of anilines is 1. The highest BCUT2D eigenvalue weighted by Gasteiger charge is 2.14. The van der Waals surface area contributed by atoms with E-state index in [0.29, 0.717) is 6.54 Å². The first kappa shape index (κ1) is 14.1. The van der Waals surface area contributed by atoms with Crippen LogP contribution in [0.5, 0.6) is 5.75 Å². The Balaban J connectivity index is 1.91. The lowest BCUT2D eigenvalue weighted by atomic mass is 9.99. The Bertz CT molecular complexity index is 549. The number of hydrogen-bond acceptors (Lipinski definition) is 3. The molecule has 20 heavy (non-hydrogen) atoms. The molecule has 2 rings (SSSR count). The molecule has 0 aromatic heterocycles. The molecule has 0 spiro atoms. The standard InChI is InChI=1S/C17H19NO2/c1-13(17(19)14-6-4-3-5-7-14)12-18-15-8-10-16(20-2)11-9-15/h3-11,13,18H,12H2,1-2H3. The highest BCUT2D eigenvalue weighted by atomic mass is 16.5. The highest BCUT2D eigenvalue weighted by molar-refractivity contribution is 5.97. The molecule has 0 saturated heterocycles. The average molecular weight is 269 g/mol. The molecule has 0 bridgehead atoms. The fourth-order valence-corrected chi connectivity index (χ4v) is 1.96. The van der Waals surface area contributed by atoms with E-state index in [-0.39, 0.29) is 11.7 Å². The Morgan fingerprint density at radius 2 is 1.75 bits per heavy atom. The van der Waals surface area contributed by atoms with Crippen molar-refractivity contribution in [1.82, 2.24) is 0 Å². The summed E-state index contributed by atoms with van der Waals surface area (Å²) in [5, 5.41) is 3.27. The van der Waals surface area contributed by atoms with E-state index in [1.54, 1.807) is 7.11 Å². The van der Waals surface area contributed by atoms with Crippen molar-refractivity contribution in [3.63, 3.8) is 0 Å². The fraction of sp³-hybridized carbons (Fsp3) is 0.235. The predicted molar refractivity (Wildman–Crippen MR) is 81.4 cm³/mol. The molecule has 3 nitrogen and oxygen atoms in total. The Morgan fingerprint density at radius 3 is 2.35 bits per heavy atom. The molecule has 0 aliphatic heterocycles. The van der Waals surface area contributed by atoms with Crippen LogP contribution in [0.2, 0.25) is 0 Å². The van der Waals surface area contributed by atoms with Gasteiger partial charge in [0.1, 0.15) is 5.75 Å². The first-order valence-electron chi connectivity index (χ1n) is 6.68. The fourth-order valence-electron chi connectivity index (χ4n) is 1.96. The van der Waals surface area contributed by atoms with E-state index in [9.17, 15) is 4.79 Å². The number of methoxy groups -OCH3 is 1. The molecule has 0 radical (unpaired) electrons. The van der Waals surface area contributed by atoms with Crippen molar-refractivity contribution in [2.24, 2.45) is 5.92 Å². The van der Waals surface area contributed by atoms with Crippen LogP contribution in [-0.4, -0.2) is 19.4 Å². The molecule has 2 aromatic carbocycles. The number of nitrogens with one attached hydrogen (secondary N) is 1. The molecule has 1 atom stereocenters. The van der Waals surface area contributed by atoms with Gasteiger partial charge < -0.3 is 10.1 Å². The number of rotatable bonds is 6. The van der Waals surface area contributed by atoms with Gasteiger partial charge in [-0.2, -0.15) is 0 Å². The van der Waals surface area contributed by atoms with Gasteiger partial charge in [-0.15, -0.1) is 0 Å².